The lowest BCUT2D eigenvalue weighted by Crippen LogP contribution is -2.09. The molecule has 0 fully saturated rings. The Hall–Kier alpha value is -3.79. The van der Waals surface area contributed by atoms with Gasteiger partial charge >= 0.3 is 0 Å². The van der Waals surface area contributed by atoms with Crippen molar-refractivity contribution in [2.45, 2.75) is 0 Å². The average molecular weight is 407 g/mol. The third-order valence-corrected chi connectivity index (χ3v) is 4.55. The Morgan fingerprint density at radius 1 is 0.931 bits per heavy atom. The van der Waals surface area contributed by atoms with Crippen LogP contribution in [0.5, 0.6) is 0 Å². The van der Waals surface area contributed by atoms with Gasteiger partial charge in [0.05, 0.1) is 11.9 Å². The van der Waals surface area contributed by atoms with Gasteiger partial charge in [-0.2, -0.15) is 5.10 Å². The van der Waals surface area contributed by atoms with Crippen molar-refractivity contribution in [1.29, 1.82) is 0 Å². The Bertz CT molecular complexity index is 1220. The first kappa shape index (κ1) is 18.6. The Morgan fingerprint density at radius 2 is 1.76 bits per heavy atom. The maximum Gasteiger partial charge on any atom is 0.229 e. The van der Waals surface area contributed by atoms with Crippen LogP contribution in [0.4, 0.5) is 17.3 Å². The van der Waals surface area contributed by atoms with Gasteiger partial charge in [-0.25, -0.2) is 23.4 Å². The summed E-state index contributed by atoms with van der Waals surface area (Å²) >= 11 is 0. The molecule has 2 aromatic carbocycles. The number of benzene rings is 2. The lowest BCUT2D eigenvalue weighted by atomic mass is 10.1. The van der Waals surface area contributed by atoms with Gasteiger partial charge < -0.3 is 5.32 Å². The molecule has 0 atom stereocenters. The minimum Gasteiger partial charge on any atom is -0.324 e. The second-order valence-corrected chi connectivity index (χ2v) is 8.01. The highest BCUT2D eigenvalue weighted by molar-refractivity contribution is 7.92. The standard InChI is InChI=1S/C19H17N7O2S/c1-29(27,28)26-16-4-2-3-14(11-16)17-9-10-20-19(24-17)23-15-7-5-13(6-8-15)18-21-12-22-25-18/h2-12,26H,1H3,(H,20,23,24)(H,21,22,25). The normalized spacial score (nSPS) is 11.2. The number of H-pyrrole nitrogens is 1. The zero-order chi connectivity index (χ0) is 20.3. The predicted molar refractivity (Wildman–Crippen MR) is 111 cm³/mol. The van der Waals surface area contributed by atoms with Gasteiger partial charge in [0.2, 0.25) is 16.0 Å². The third kappa shape index (κ3) is 4.74. The molecule has 0 radical (unpaired) electrons. The first-order valence-electron chi connectivity index (χ1n) is 8.60. The summed E-state index contributed by atoms with van der Waals surface area (Å²) in [6.45, 7) is 0. The molecule has 146 valence electrons. The molecule has 9 nitrogen and oxygen atoms in total. The average Bonchev–Trinajstić information content (AvgIpc) is 3.23. The molecule has 0 saturated carbocycles. The monoisotopic (exact) mass is 407 g/mol. The first-order valence-corrected chi connectivity index (χ1v) is 10.5. The number of sulfonamides is 1. The number of hydrogen-bond acceptors (Lipinski definition) is 7. The lowest BCUT2D eigenvalue weighted by molar-refractivity contribution is 0.607. The molecule has 0 spiro atoms. The van der Waals surface area contributed by atoms with E-state index in [1.165, 1.54) is 6.33 Å². The molecule has 0 aliphatic rings. The van der Waals surface area contributed by atoms with Crippen molar-refractivity contribution in [2.24, 2.45) is 0 Å². The summed E-state index contributed by atoms with van der Waals surface area (Å²) in [7, 11) is -3.35. The molecule has 0 bridgehead atoms. The highest BCUT2D eigenvalue weighted by atomic mass is 32.2. The number of nitrogens with one attached hydrogen (secondary N) is 3. The molecule has 3 N–H and O–H groups in total. The fourth-order valence-electron chi connectivity index (χ4n) is 2.72. The van der Waals surface area contributed by atoms with E-state index in [9.17, 15) is 8.42 Å². The van der Waals surface area contributed by atoms with E-state index < -0.39 is 10.0 Å². The smallest absolute Gasteiger partial charge is 0.229 e. The summed E-state index contributed by atoms with van der Waals surface area (Å²) in [6, 6.07) is 16.4. The number of nitrogens with zero attached hydrogens (tertiary/aromatic N) is 4. The van der Waals surface area contributed by atoms with E-state index >= 15 is 0 Å². The van der Waals surface area contributed by atoms with Crippen LogP contribution in [0.2, 0.25) is 0 Å². The quantitative estimate of drug-likeness (QED) is 0.448. The zero-order valence-electron chi connectivity index (χ0n) is 15.4. The van der Waals surface area contributed by atoms with Gasteiger partial charge in [-0.3, -0.25) is 9.82 Å². The summed E-state index contributed by atoms with van der Waals surface area (Å²) in [5, 5.41) is 9.82. The van der Waals surface area contributed by atoms with E-state index in [0.717, 1.165) is 23.1 Å². The van der Waals surface area contributed by atoms with E-state index in [4.69, 9.17) is 0 Å². The molecule has 2 heterocycles. The van der Waals surface area contributed by atoms with Gasteiger partial charge in [-0.15, -0.1) is 0 Å². The summed E-state index contributed by atoms with van der Waals surface area (Å²) in [5.41, 5.74) is 3.64. The third-order valence-electron chi connectivity index (χ3n) is 3.95. The van der Waals surface area contributed by atoms with Crippen molar-refractivity contribution in [3.63, 3.8) is 0 Å². The number of hydrogen-bond donors (Lipinski definition) is 3. The molecule has 0 aliphatic heterocycles. The summed E-state index contributed by atoms with van der Waals surface area (Å²) in [5.74, 6) is 1.12. The predicted octanol–water partition coefficient (Wildman–Crippen LogP) is 3.04. The Kier molecular flexibility index (Phi) is 4.92. The molecule has 0 aliphatic carbocycles. The molecule has 29 heavy (non-hydrogen) atoms. The lowest BCUT2D eigenvalue weighted by Gasteiger charge is -2.09. The van der Waals surface area contributed by atoms with Gasteiger partial charge in [0.15, 0.2) is 5.82 Å². The topological polar surface area (TPSA) is 126 Å². The molecule has 2 aromatic heterocycles. The van der Waals surface area contributed by atoms with Crippen LogP contribution >= 0.6 is 0 Å². The van der Waals surface area contributed by atoms with E-state index in [2.05, 4.69) is 35.2 Å². The van der Waals surface area contributed by atoms with Gasteiger partial charge in [-0.1, -0.05) is 12.1 Å². The summed E-state index contributed by atoms with van der Waals surface area (Å²) in [4.78, 5) is 12.9. The highest BCUT2D eigenvalue weighted by Crippen LogP contribution is 2.24. The van der Waals surface area contributed by atoms with Crippen LogP contribution in [0.3, 0.4) is 0 Å². The Labute approximate surface area is 167 Å². The fraction of sp³-hybridized carbons (Fsp3) is 0.0526. The van der Waals surface area contributed by atoms with Crippen molar-refractivity contribution < 1.29 is 8.42 Å². The van der Waals surface area contributed by atoms with Crippen molar-refractivity contribution >= 4 is 27.3 Å². The maximum absolute atomic E-state index is 11.4. The first-order chi connectivity index (χ1) is 14.0. The van der Waals surface area contributed by atoms with Crippen LogP contribution in [0.15, 0.2) is 67.1 Å². The minimum atomic E-state index is -3.35. The molecule has 0 unspecified atom stereocenters. The van der Waals surface area contributed by atoms with Gasteiger partial charge in [0, 0.05) is 28.7 Å². The van der Waals surface area contributed by atoms with Crippen molar-refractivity contribution in [2.75, 3.05) is 16.3 Å². The number of aromatic amines is 1. The van der Waals surface area contributed by atoms with Gasteiger partial charge in [0.25, 0.3) is 0 Å². The number of aromatic nitrogens is 5. The molecule has 4 rings (SSSR count). The SMILES string of the molecule is CS(=O)(=O)Nc1cccc(-c2ccnc(Nc3ccc(-c4ncn[nH]4)cc3)n2)c1. The van der Waals surface area contributed by atoms with Crippen LogP contribution in [0.1, 0.15) is 0 Å². The number of anilines is 3. The zero-order valence-corrected chi connectivity index (χ0v) is 16.2. The molecule has 4 aromatic rings. The Morgan fingerprint density at radius 3 is 2.48 bits per heavy atom. The Balaban J connectivity index is 1.54. The molecular weight excluding hydrogens is 390 g/mol. The summed E-state index contributed by atoms with van der Waals surface area (Å²) < 4.78 is 25.4. The molecule has 0 amide bonds. The van der Waals surface area contributed by atoms with Crippen LogP contribution in [0.25, 0.3) is 22.6 Å². The molecule has 0 saturated heterocycles. The van der Waals surface area contributed by atoms with Crippen molar-refractivity contribution in [3.8, 4) is 22.6 Å². The second-order valence-electron chi connectivity index (χ2n) is 6.26. The van der Waals surface area contributed by atoms with Crippen LogP contribution in [-0.2, 0) is 10.0 Å². The number of rotatable bonds is 6. The van der Waals surface area contributed by atoms with E-state index in [1.807, 2.05) is 30.3 Å². The van der Waals surface area contributed by atoms with Gasteiger partial charge in [0.1, 0.15) is 6.33 Å². The highest BCUT2D eigenvalue weighted by Gasteiger charge is 2.07. The molecular formula is C19H17N7O2S. The fourth-order valence-corrected chi connectivity index (χ4v) is 3.28. The van der Waals surface area contributed by atoms with Gasteiger partial charge in [-0.05, 0) is 42.5 Å². The maximum atomic E-state index is 11.4. The van der Waals surface area contributed by atoms with Crippen LogP contribution in [-0.4, -0.2) is 39.8 Å². The van der Waals surface area contributed by atoms with Crippen LogP contribution < -0.4 is 10.0 Å². The second kappa shape index (κ2) is 7.68. The van der Waals surface area contributed by atoms with E-state index in [-0.39, 0.29) is 0 Å². The van der Waals surface area contributed by atoms with E-state index in [1.54, 1.807) is 30.5 Å². The summed E-state index contributed by atoms with van der Waals surface area (Å²) in [6.07, 6.45) is 4.21. The largest absolute Gasteiger partial charge is 0.324 e. The van der Waals surface area contributed by atoms with Crippen LogP contribution in [0, 0.1) is 0 Å². The van der Waals surface area contributed by atoms with E-state index in [0.29, 0.717) is 23.2 Å². The van der Waals surface area contributed by atoms with Crippen molar-refractivity contribution in [1.82, 2.24) is 25.1 Å². The van der Waals surface area contributed by atoms with Crippen molar-refractivity contribution in [3.05, 3.63) is 67.1 Å². The molecule has 10 heteroatoms. The minimum absolute atomic E-state index is 0.427.